The Kier molecular flexibility index (Phi) is 4.47. The van der Waals surface area contributed by atoms with Crippen LogP contribution in [0.3, 0.4) is 0 Å². The number of benzene rings is 1. The average molecular weight is 293 g/mol. The highest BCUT2D eigenvalue weighted by Gasteiger charge is 2.12. The molecule has 1 N–H and O–H groups in total. The van der Waals surface area contributed by atoms with Crippen molar-refractivity contribution < 1.29 is 4.79 Å². The van der Waals surface area contributed by atoms with E-state index in [0.29, 0.717) is 0 Å². The summed E-state index contributed by atoms with van der Waals surface area (Å²) in [5.74, 6) is -0.372. The van der Waals surface area contributed by atoms with Gasteiger partial charge in [-0.1, -0.05) is 12.1 Å². The van der Waals surface area contributed by atoms with Crippen molar-refractivity contribution in [3.05, 3.63) is 58.4 Å². The highest BCUT2D eigenvalue weighted by atomic mass is 16.1. The Morgan fingerprint density at radius 2 is 2.00 bits per heavy atom. The minimum Gasteiger partial charge on any atom is -0.354 e. The van der Waals surface area contributed by atoms with Crippen LogP contribution in [0.1, 0.15) is 22.5 Å². The molecule has 0 aliphatic carbocycles. The highest BCUT2D eigenvalue weighted by molar-refractivity contribution is 6.01. The lowest BCUT2D eigenvalue weighted by Gasteiger charge is -2.10. The SMILES string of the molecule is CNC(=O)C(C#N)=Cc1cc(C)n(-c2cccc(C)c2)c1C. The van der Waals surface area contributed by atoms with E-state index in [0.717, 1.165) is 22.6 Å². The second-order valence-corrected chi connectivity index (χ2v) is 5.25. The maximum atomic E-state index is 11.7. The van der Waals surface area contributed by atoms with Crippen LogP contribution in [-0.4, -0.2) is 17.5 Å². The van der Waals surface area contributed by atoms with Gasteiger partial charge >= 0.3 is 0 Å². The first-order chi connectivity index (χ1) is 10.5. The smallest absolute Gasteiger partial charge is 0.261 e. The third kappa shape index (κ3) is 2.94. The minimum atomic E-state index is -0.372. The Morgan fingerprint density at radius 1 is 1.27 bits per heavy atom. The summed E-state index contributed by atoms with van der Waals surface area (Å²) in [6, 6.07) is 12.2. The Hall–Kier alpha value is -2.80. The Bertz CT molecular complexity index is 791. The molecule has 0 fully saturated rings. The molecule has 0 saturated carbocycles. The lowest BCUT2D eigenvalue weighted by atomic mass is 10.1. The molecule has 0 aliphatic rings. The van der Waals surface area contributed by atoms with E-state index in [-0.39, 0.29) is 11.5 Å². The molecule has 0 spiro atoms. The summed E-state index contributed by atoms with van der Waals surface area (Å²) in [4.78, 5) is 11.7. The number of carbonyl (C=O) groups is 1. The van der Waals surface area contributed by atoms with Gasteiger partial charge in [0.2, 0.25) is 0 Å². The van der Waals surface area contributed by atoms with Gasteiger partial charge in [-0.2, -0.15) is 5.26 Å². The minimum absolute atomic E-state index is 0.104. The number of carbonyl (C=O) groups excluding carboxylic acids is 1. The standard InChI is InChI=1S/C18H19N3O/c1-12-6-5-7-17(8-12)21-13(2)9-15(14(21)3)10-16(11-19)18(22)20-4/h5-10H,1-4H3,(H,20,22). The van der Waals surface area contributed by atoms with E-state index in [1.807, 2.05) is 38.1 Å². The molecular formula is C18H19N3O. The second-order valence-electron chi connectivity index (χ2n) is 5.25. The van der Waals surface area contributed by atoms with Crippen molar-refractivity contribution in [3.8, 4) is 11.8 Å². The molecule has 1 aromatic carbocycles. The molecule has 0 bridgehead atoms. The Labute approximate surface area is 130 Å². The number of rotatable bonds is 3. The van der Waals surface area contributed by atoms with E-state index < -0.39 is 0 Å². The number of aryl methyl sites for hydroxylation is 2. The molecular weight excluding hydrogens is 274 g/mol. The first-order valence-electron chi connectivity index (χ1n) is 7.07. The zero-order valence-electron chi connectivity index (χ0n) is 13.3. The molecule has 4 heteroatoms. The van der Waals surface area contributed by atoms with Crippen molar-refractivity contribution in [2.45, 2.75) is 20.8 Å². The quantitative estimate of drug-likeness (QED) is 0.698. The Morgan fingerprint density at radius 3 is 2.59 bits per heavy atom. The van der Waals surface area contributed by atoms with Crippen molar-refractivity contribution in [3.63, 3.8) is 0 Å². The van der Waals surface area contributed by atoms with E-state index in [1.165, 1.54) is 12.6 Å². The normalized spacial score (nSPS) is 11.1. The number of nitrogens with one attached hydrogen (secondary N) is 1. The predicted molar refractivity (Wildman–Crippen MR) is 87.6 cm³/mol. The molecule has 22 heavy (non-hydrogen) atoms. The molecule has 112 valence electrons. The number of nitriles is 1. The van der Waals surface area contributed by atoms with Gasteiger partial charge in [0.15, 0.2) is 0 Å². The van der Waals surface area contributed by atoms with E-state index in [9.17, 15) is 4.79 Å². The van der Waals surface area contributed by atoms with Crippen LogP contribution in [0.2, 0.25) is 0 Å². The van der Waals surface area contributed by atoms with E-state index in [4.69, 9.17) is 5.26 Å². The van der Waals surface area contributed by atoms with Crippen molar-refractivity contribution in [1.82, 2.24) is 9.88 Å². The number of hydrogen-bond donors (Lipinski definition) is 1. The topological polar surface area (TPSA) is 57.8 Å². The number of amides is 1. The van der Waals surface area contributed by atoms with Gasteiger partial charge in [-0.15, -0.1) is 0 Å². The average Bonchev–Trinajstić information content (AvgIpc) is 2.78. The lowest BCUT2D eigenvalue weighted by Crippen LogP contribution is -2.19. The van der Waals surface area contributed by atoms with Crippen molar-refractivity contribution in [1.29, 1.82) is 5.26 Å². The van der Waals surface area contributed by atoms with Crippen LogP contribution in [0, 0.1) is 32.1 Å². The van der Waals surface area contributed by atoms with Crippen molar-refractivity contribution in [2.24, 2.45) is 0 Å². The molecule has 1 amide bonds. The summed E-state index contributed by atoms with van der Waals surface area (Å²) in [5.41, 5.74) is 5.30. The van der Waals surface area contributed by atoms with Gasteiger partial charge in [0.05, 0.1) is 0 Å². The predicted octanol–water partition coefficient (Wildman–Crippen LogP) is 3.06. The van der Waals surface area contributed by atoms with Crippen LogP contribution in [-0.2, 0) is 4.79 Å². The van der Waals surface area contributed by atoms with E-state index in [1.54, 1.807) is 6.08 Å². The van der Waals surface area contributed by atoms with Gasteiger partial charge in [0.1, 0.15) is 11.6 Å². The molecule has 0 saturated heterocycles. The molecule has 1 aromatic heterocycles. The zero-order chi connectivity index (χ0) is 16.3. The fourth-order valence-corrected chi connectivity index (χ4v) is 2.54. The molecule has 0 unspecified atom stereocenters. The summed E-state index contributed by atoms with van der Waals surface area (Å²) < 4.78 is 2.12. The summed E-state index contributed by atoms with van der Waals surface area (Å²) in [5, 5.41) is 11.6. The molecule has 2 aromatic rings. The summed E-state index contributed by atoms with van der Waals surface area (Å²) in [6.45, 7) is 6.05. The summed E-state index contributed by atoms with van der Waals surface area (Å²) >= 11 is 0. The molecule has 0 radical (unpaired) electrons. The summed E-state index contributed by atoms with van der Waals surface area (Å²) in [6.07, 6.45) is 1.63. The zero-order valence-corrected chi connectivity index (χ0v) is 13.3. The van der Waals surface area contributed by atoms with Gasteiger partial charge in [-0.3, -0.25) is 4.79 Å². The molecule has 0 atom stereocenters. The first kappa shape index (κ1) is 15.6. The van der Waals surface area contributed by atoms with Crippen molar-refractivity contribution >= 4 is 12.0 Å². The molecule has 1 heterocycles. The number of nitrogens with zero attached hydrogens (tertiary/aromatic N) is 2. The first-order valence-corrected chi connectivity index (χ1v) is 7.07. The van der Waals surface area contributed by atoms with Gasteiger partial charge < -0.3 is 9.88 Å². The van der Waals surface area contributed by atoms with Crippen LogP contribution in [0.25, 0.3) is 11.8 Å². The number of hydrogen-bond acceptors (Lipinski definition) is 2. The van der Waals surface area contributed by atoms with E-state index >= 15 is 0 Å². The van der Waals surface area contributed by atoms with Gasteiger partial charge in [-0.05, 0) is 56.2 Å². The van der Waals surface area contributed by atoms with Crippen LogP contribution in [0.15, 0.2) is 35.9 Å². The molecule has 0 aliphatic heterocycles. The number of aromatic nitrogens is 1. The third-order valence-corrected chi connectivity index (χ3v) is 3.62. The van der Waals surface area contributed by atoms with Crippen LogP contribution in [0.5, 0.6) is 0 Å². The highest BCUT2D eigenvalue weighted by Crippen LogP contribution is 2.23. The van der Waals surface area contributed by atoms with Crippen molar-refractivity contribution in [2.75, 3.05) is 7.05 Å². The fourth-order valence-electron chi connectivity index (χ4n) is 2.54. The van der Waals surface area contributed by atoms with E-state index in [2.05, 4.69) is 28.9 Å². The molecule has 2 rings (SSSR count). The fraction of sp³-hybridized carbons (Fsp3) is 0.222. The lowest BCUT2D eigenvalue weighted by molar-refractivity contribution is -0.116. The van der Waals surface area contributed by atoms with Crippen LogP contribution < -0.4 is 5.32 Å². The Balaban J connectivity index is 2.55. The van der Waals surface area contributed by atoms with Crippen LogP contribution >= 0.6 is 0 Å². The molecule has 4 nitrogen and oxygen atoms in total. The largest absolute Gasteiger partial charge is 0.354 e. The summed E-state index contributed by atoms with van der Waals surface area (Å²) in [7, 11) is 1.52. The maximum absolute atomic E-state index is 11.7. The maximum Gasteiger partial charge on any atom is 0.261 e. The second kappa shape index (κ2) is 6.31. The van der Waals surface area contributed by atoms with Gasteiger partial charge in [0.25, 0.3) is 5.91 Å². The third-order valence-electron chi connectivity index (χ3n) is 3.62. The van der Waals surface area contributed by atoms with Crippen LogP contribution in [0.4, 0.5) is 0 Å². The van der Waals surface area contributed by atoms with Gasteiger partial charge in [-0.25, -0.2) is 0 Å². The van der Waals surface area contributed by atoms with Gasteiger partial charge in [0, 0.05) is 24.1 Å². The number of likely N-dealkylation sites (N-methyl/N-ethyl adjacent to an activating group) is 1. The monoisotopic (exact) mass is 293 g/mol.